The molecule has 1 aromatic carbocycles. The summed E-state index contributed by atoms with van der Waals surface area (Å²) >= 11 is 0. The standard InChI is InChI=1S/C17H19N3O2/c1-13-12-18-9-10-20(13)17(21)16-11-15(7-8-19-16)22-14-5-3-2-4-6-14/h2-8,11,13,18H,9-10,12H2,1H3/t13-/m1/s1. The Labute approximate surface area is 129 Å². The third-order valence-corrected chi connectivity index (χ3v) is 3.69. The fourth-order valence-electron chi connectivity index (χ4n) is 2.51. The lowest BCUT2D eigenvalue weighted by molar-refractivity contribution is 0.0649. The number of hydrogen-bond acceptors (Lipinski definition) is 4. The molecule has 1 fully saturated rings. The van der Waals surface area contributed by atoms with Gasteiger partial charge in [-0.05, 0) is 25.1 Å². The van der Waals surface area contributed by atoms with Crippen molar-refractivity contribution in [3.8, 4) is 11.5 Å². The van der Waals surface area contributed by atoms with Gasteiger partial charge in [0.05, 0.1) is 0 Å². The number of para-hydroxylation sites is 1. The highest BCUT2D eigenvalue weighted by atomic mass is 16.5. The minimum Gasteiger partial charge on any atom is -0.457 e. The molecule has 2 heterocycles. The second kappa shape index (κ2) is 6.58. The average molecular weight is 297 g/mol. The minimum atomic E-state index is -0.0486. The van der Waals surface area contributed by atoms with Crippen LogP contribution in [-0.4, -0.2) is 41.5 Å². The maximum Gasteiger partial charge on any atom is 0.272 e. The van der Waals surface area contributed by atoms with E-state index in [1.54, 1.807) is 18.3 Å². The summed E-state index contributed by atoms with van der Waals surface area (Å²) in [5.41, 5.74) is 0.419. The lowest BCUT2D eigenvalue weighted by Crippen LogP contribution is -2.52. The Morgan fingerprint density at radius 1 is 1.27 bits per heavy atom. The van der Waals surface area contributed by atoms with Gasteiger partial charge in [0.2, 0.25) is 0 Å². The highest BCUT2D eigenvalue weighted by Gasteiger charge is 2.25. The summed E-state index contributed by atoms with van der Waals surface area (Å²) < 4.78 is 5.76. The Hall–Kier alpha value is -2.40. The molecule has 22 heavy (non-hydrogen) atoms. The Balaban J connectivity index is 1.77. The molecule has 5 nitrogen and oxygen atoms in total. The number of aromatic nitrogens is 1. The molecule has 2 aromatic rings. The molecule has 1 aliphatic rings. The molecule has 1 aliphatic heterocycles. The molecule has 0 saturated carbocycles. The number of nitrogens with one attached hydrogen (secondary N) is 1. The van der Waals surface area contributed by atoms with Gasteiger partial charge in [0.25, 0.3) is 5.91 Å². The van der Waals surface area contributed by atoms with Crippen molar-refractivity contribution in [3.63, 3.8) is 0 Å². The van der Waals surface area contributed by atoms with E-state index in [4.69, 9.17) is 4.74 Å². The summed E-state index contributed by atoms with van der Waals surface area (Å²) in [5.74, 6) is 1.31. The van der Waals surface area contributed by atoms with Crippen LogP contribution in [0.2, 0.25) is 0 Å². The van der Waals surface area contributed by atoms with Crippen molar-refractivity contribution in [1.82, 2.24) is 15.2 Å². The highest BCUT2D eigenvalue weighted by molar-refractivity contribution is 5.93. The van der Waals surface area contributed by atoms with Crippen LogP contribution in [0.3, 0.4) is 0 Å². The van der Waals surface area contributed by atoms with Crippen molar-refractivity contribution in [3.05, 3.63) is 54.4 Å². The van der Waals surface area contributed by atoms with Gasteiger partial charge in [0, 0.05) is 37.9 Å². The molecule has 0 unspecified atom stereocenters. The number of piperazine rings is 1. The smallest absolute Gasteiger partial charge is 0.272 e. The molecule has 1 saturated heterocycles. The predicted octanol–water partition coefficient (Wildman–Crippen LogP) is 2.31. The summed E-state index contributed by atoms with van der Waals surface area (Å²) in [5, 5.41) is 3.28. The van der Waals surface area contributed by atoms with Crippen molar-refractivity contribution >= 4 is 5.91 Å². The molecule has 1 amide bonds. The van der Waals surface area contributed by atoms with Gasteiger partial charge >= 0.3 is 0 Å². The maximum atomic E-state index is 12.6. The second-order valence-electron chi connectivity index (χ2n) is 5.34. The molecule has 114 valence electrons. The number of nitrogens with zero attached hydrogens (tertiary/aromatic N) is 2. The lowest BCUT2D eigenvalue weighted by Gasteiger charge is -2.33. The molecule has 1 aromatic heterocycles. The number of carbonyl (C=O) groups is 1. The van der Waals surface area contributed by atoms with E-state index in [0.29, 0.717) is 18.0 Å². The molecule has 1 N–H and O–H groups in total. The van der Waals surface area contributed by atoms with Crippen LogP contribution in [0.4, 0.5) is 0 Å². The quantitative estimate of drug-likeness (QED) is 0.944. The Morgan fingerprint density at radius 3 is 2.86 bits per heavy atom. The molecule has 0 bridgehead atoms. The summed E-state index contributed by atoms with van der Waals surface area (Å²) in [7, 11) is 0. The van der Waals surface area contributed by atoms with Crippen LogP contribution in [0, 0.1) is 0 Å². The molecule has 0 spiro atoms. The first kappa shape index (κ1) is 14.5. The van der Waals surface area contributed by atoms with E-state index in [1.165, 1.54) is 0 Å². The topological polar surface area (TPSA) is 54.5 Å². The largest absolute Gasteiger partial charge is 0.457 e. The first-order valence-electron chi connectivity index (χ1n) is 7.44. The number of rotatable bonds is 3. The number of hydrogen-bond donors (Lipinski definition) is 1. The van der Waals surface area contributed by atoms with Crippen molar-refractivity contribution in [2.75, 3.05) is 19.6 Å². The predicted molar refractivity (Wildman–Crippen MR) is 84.1 cm³/mol. The van der Waals surface area contributed by atoms with Gasteiger partial charge in [-0.1, -0.05) is 18.2 Å². The Morgan fingerprint density at radius 2 is 2.09 bits per heavy atom. The monoisotopic (exact) mass is 297 g/mol. The van der Waals surface area contributed by atoms with E-state index in [2.05, 4.69) is 10.3 Å². The molecular formula is C17H19N3O2. The second-order valence-corrected chi connectivity index (χ2v) is 5.34. The summed E-state index contributed by atoms with van der Waals surface area (Å²) in [4.78, 5) is 18.6. The Bertz CT molecular complexity index is 645. The zero-order valence-corrected chi connectivity index (χ0v) is 12.5. The van der Waals surface area contributed by atoms with Crippen LogP contribution in [0.25, 0.3) is 0 Å². The molecule has 1 atom stereocenters. The molecule has 3 rings (SSSR count). The zero-order valence-electron chi connectivity index (χ0n) is 12.5. The lowest BCUT2D eigenvalue weighted by atomic mass is 10.2. The van der Waals surface area contributed by atoms with Crippen molar-refractivity contribution in [1.29, 1.82) is 0 Å². The van der Waals surface area contributed by atoms with E-state index in [-0.39, 0.29) is 11.9 Å². The van der Waals surface area contributed by atoms with Crippen molar-refractivity contribution < 1.29 is 9.53 Å². The van der Waals surface area contributed by atoms with Crippen molar-refractivity contribution in [2.45, 2.75) is 13.0 Å². The molecule has 0 radical (unpaired) electrons. The fourth-order valence-corrected chi connectivity index (χ4v) is 2.51. The summed E-state index contributed by atoms with van der Waals surface area (Å²) in [6, 6.07) is 13.1. The number of benzene rings is 1. The van der Waals surface area contributed by atoms with Crippen LogP contribution in [0.5, 0.6) is 11.5 Å². The minimum absolute atomic E-state index is 0.0486. The molecular weight excluding hydrogens is 278 g/mol. The van der Waals surface area contributed by atoms with Crippen molar-refractivity contribution in [2.24, 2.45) is 0 Å². The van der Waals surface area contributed by atoms with Gasteiger partial charge in [-0.15, -0.1) is 0 Å². The average Bonchev–Trinajstić information content (AvgIpc) is 2.56. The first-order chi connectivity index (χ1) is 10.7. The zero-order chi connectivity index (χ0) is 15.4. The van der Waals surface area contributed by atoms with Gasteiger partial charge in [-0.2, -0.15) is 0 Å². The molecule has 0 aliphatic carbocycles. The molecule has 5 heteroatoms. The first-order valence-corrected chi connectivity index (χ1v) is 7.44. The van der Waals surface area contributed by atoms with E-state index >= 15 is 0 Å². The fraction of sp³-hybridized carbons (Fsp3) is 0.294. The van der Waals surface area contributed by atoms with E-state index in [1.807, 2.05) is 42.2 Å². The third-order valence-electron chi connectivity index (χ3n) is 3.69. The maximum absolute atomic E-state index is 12.6. The number of ether oxygens (including phenoxy) is 1. The highest BCUT2D eigenvalue weighted by Crippen LogP contribution is 2.21. The van der Waals surface area contributed by atoms with E-state index in [9.17, 15) is 4.79 Å². The van der Waals surface area contributed by atoms with Crippen LogP contribution in [0.15, 0.2) is 48.7 Å². The van der Waals surface area contributed by atoms with Gasteiger partial charge in [-0.3, -0.25) is 9.78 Å². The van der Waals surface area contributed by atoms with E-state index in [0.717, 1.165) is 18.8 Å². The third kappa shape index (κ3) is 3.26. The van der Waals surface area contributed by atoms with E-state index < -0.39 is 0 Å². The SMILES string of the molecule is C[C@@H]1CNCCN1C(=O)c1cc(Oc2ccccc2)ccn1. The van der Waals surface area contributed by atoms with Crippen LogP contribution in [-0.2, 0) is 0 Å². The normalized spacial score (nSPS) is 18.0. The van der Waals surface area contributed by atoms with Crippen LogP contribution >= 0.6 is 0 Å². The number of amides is 1. The summed E-state index contributed by atoms with van der Waals surface area (Å²) in [6.45, 7) is 4.36. The Kier molecular flexibility index (Phi) is 4.34. The van der Waals surface area contributed by atoms with Gasteiger partial charge in [-0.25, -0.2) is 0 Å². The summed E-state index contributed by atoms with van der Waals surface area (Å²) in [6.07, 6.45) is 1.61. The number of pyridine rings is 1. The van der Waals surface area contributed by atoms with Crippen LogP contribution in [0.1, 0.15) is 17.4 Å². The van der Waals surface area contributed by atoms with Crippen LogP contribution < -0.4 is 10.1 Å². The van der Waals surface area contributed by atoms with Gasteiger partial charge < -0.3 is 15.0 Å². The van der Waals surface area contributed by atoms with Gasteiger partial charge in [0.15, 0.2) is 0 Å². The number of carbonyl (C=O) groups excluding carboxylic acids is 1. The van der Waals surface area contributed by atoms with Gasteiger partial charge in [0.1, 0.15) is 17.2 Å².